The van der Waals surface area contributed by atoms with Gasteiger partial charge in [-0.3, -0.25) is 9.20 Å². The maximum absolute atomic E-state index is 13.7. The van der Waals surface area contributed by atoms with Gasteiger partial charge in [0.1, 0.15) is 17.4 Å². The third-order valence-corrected chi connectivity index (χ3v) is 5.10. The Balaban J connectivity index is 1.54. The molecule has 0 spiro atoms. The maximum Gasteiger partial charge on any atom is 0.230 e. The van der Waals surface area contributed by atoms with Crippen molar-refractivity contribution in [2.75, 3.05) is 12.4 Å². The molecule has 0 radical (unpaired) electrons. The second-order valence-corrected chi connectivity index (χ2v) is 6.92. The number of amides is 1. The first-order valence-electron chi connectivity index (χ1n) is 8.38. The molecule has 0 aliphatic carbocycles. The van der Waals surface area contributed by atoms with E-state index in [1.807, 2.05) is 40.2 Å². The average Bonchev–Trinajstić information content (AvgIpc) is 3.26. The van der Waals surface area contributed by atoms with Gasteiger partial charge in [-0.05, 0) is 36.4 Å². The molecule has 0 atom stereocenters. The van der Waals surface area contributed by atoms with Gasteiger partial charge in [0.2, 0.25) is 5.91 Å². The number of carbonyl (C=O) groups is 1. The molecule has 142 valence electrons. The fraction of sp³-hybridized carbons (Fsp3) is 0.100. The number of anilines is 1. The van der Waals surface area contributed by atoms with Gasteiger partial charge < -0.3 is 10.1 Å². The number of thiazole rings is 1. The number of aromatic nitrogens is 2. The van der Waals surface area contributed by atoms with Crippen molar-refractivity contribution in [2.45, 2.75) is 6.42 Å². The molecule has 4 rings (SSSR count). The number of carbonyl (C=O) groups excluding carboxylic acids is 1. The molecule has 0 fully saturated rings. The van der Waals surface area contributed by atoms with Crippen LogP contribution in [-0.2, 0) is 11.2 Å². The Bertz CT molecular complexity index is 1150. The predicted octanol–water partition coefficient (Wildman–Crippen LogP) is 4.53. The summed E-state index contributed by atoms with van der Waals surface area (Å²) >= 11 is 1.41. The summed E-state index contributed by atoms with van der Waals surface area (Å²) in [6.45, 7) is 0. The summed E-state index contributed by atoms with van der Waals surface area (Å²) in [6.07, 6.45) is 1.89. The lowest BCUT2D eigenvalue weighted by Gasteiger charge is -2.06. The maximum atomic E-state index is 13.7. The Morgan fingerprint density at radius 2 is 2.00 bits per heavy atom. The van der Waals surface area contributed by atoms with Crippen molar-refractivity contribution < 1.29 is 18.3 Å². The van der Waals surface area contributed by atoms with Gasteiger partial charge in [-0.2, -0.15) is 0 Å². The van der Waals surface area contributed by atoms with Gasteiger partial charge in [0.15, 0.2) is 4.96 Å². The smallest absolute Gasteiger partial charge is 0.230 e. The van der Waals surface area contributed by atoms with Gasteiger partial charge in [0, 0.05) is 28.9 Å². The van der Waals surface area contributed by atoms with E-state index in [9.17, 15) is 13.6 Å². The quantitative estimate of drug-likeness (QED) is 0.536. The number of benzene rings is 2. The highest BCUT2D eigenvalue weighted by atomic mass is 32.1. The second kappa shape index (κ2) is 7.40. The van der Waals surface area contributed by atoms with Crippen molar-refractivity contribution in [2.24, 2.45) is 0 Å². The Labute approximate surface area is 163 Å². The number of rotatable bonds is 5. The van der Waals surface area contributed by atoms with E-state index in [0.29, 0.717) is 0 Å². The molecule has 2 heterocycles. The van der Waals surface area contributed by atoms with Gasteiger partial charge in [-0.15, -0.1) is 11.3 Å². The lowest BCUT2D eigenvalue weighted by Crippen LogP contribution is -2.16. The number of fused-ring (bicyclic) bond motifs is 1. The number of halogens is 2. The highest BCUT2D eigenvalue weighted by molar-refractivity contribution is 7.15. The molecule has 2 aromatic heterocycles. The van der Waals surface area contributed by atoms with Crippen molar-refractivity contribution in [1.29, 1.82) is 0 Å². The molecule has 0 aliphatic heterocycles. The van der Waals surface area contributed by atoms with Crippen LogP contribution in [-0.4, -0.2) is 22.4 Å². The second-order valence-electron chi connectivity index (χ2n) is 6.08. The highest BCUT2D eigenvalue weighted by Gasteiger charge is 2.14. The van der Waals surface area contributed by atoms with Crippen LogP contribution in [0.1, 0.15) is 5.69 Å². The SMILES string of the molecule is COc1ccc(-c2cn3c(CC(=O)Nc4ccc(F)cc4F)csc3n2)cc1. The number of nitrogens with zero attached hydrogens (tertiary/aromatic N) is 2. The summed E-state index contributed by atoms with van der Waals surface area (Å²) in [5.41, 5.74) is 2.39. The normalized spacial score (nSPS) is 11.0. The van der Waals surface area contributed by atoms with E-state index >= 15 is 0 Å². The van der Waals surface area contributed by atoms with Crippen LogP contribution in [0.4, 0.5) is 14.5 Å². The van der Waals surface area contributed by atoms with Crippen molar-refractivity contribution in [3.63, 3.8) is 0 Å². The van der Waals surface area contributed by atoms with E-state index < -0.39 is 17.5 Å². The van der Waals surface area contributed by atoms with Crippen LogP contribution in [0.25, 0.3) is 16.2 Å². The topological polar surface area (TPSA) is 55.6 Å². The van der Waals surface area contributed by atoms with Crippen LogP contribution < -0.4 is 10.1 Å². The molecule has 1 amide bonds. The molecular weight excluding hydrogens is 384 g/mol. The van der Waals surface area contributed by atoms with Crippen LogP contribution in [0.3, 0.4) is 0 Å². The summed E-state index contributed by atoms with van der Waals surface area (Å²) in [5.74, 6) is -1.15. The van der Waals surface area contributed by atoms with Crippen LogP contribution in [0.2, 0.25) is 0 Å². The highest BCUT2D eigenvalue weighted by Crippen LogP contribution is 2.26. The Morgan fingerprint density at radius 3 is 2.71 bits per heavy atom. The monoisotopic (exact) mass is 399 g/mol. The molecule has 0 saturated carbocycles. The largest absolute Gasteiger partial charge is 0.497 e. The fourth-order valence-corrected chi connectivity index (χ4v) is 3.68. The van der Waals surface area contributed by atoms with Crippen LogP contribution >= 0.6 is 11.3 Å². The summed E-state index contributed by atoms with van der Waals surface area (Å²) in [7, 11) is 1.61. The first-order chi connectivity index (χ1) is 13.5. The molecule has 0 aliphatic rings. The fourth-order valence-electron chi connectivity index (χ4n) is 2.81. The van der Waals surface area contributed by atoms with Gasteiger partial charge in [-0.25, -0.2) is 13.8 Å². The first kappa shape index (κ1) is 18.1. The zero-order valence-corrected chi connectivity index (χ0v) is 15.6. The molecule has 0 unspecified atom stereocenters. The predicted molar refractivity (Wildman–Crippen MR) is 104 cm³/mol. The molecule has 8 heteroatoms. The molecule has 1 N–H and O–H groups in total. The first-order valence-corrected chi connectivity index (χ1v) is 9.26. The number of methoxy groups -OCH3 is 1. The molecule has 4 aromatic rings. The number of hydrogen-bond acceptors (Lipinski definition) is 4. The lowest BCUT2D eigenvalue weighted by molar-refractivity contribution is -0.115. The van der Waals surface area contributed by atoms with E-state index in [0.717, 1.165) is 39.8 Å². The van der Waals surface area contributed by atoms with Crippen molar-refractivity contribution in [1.82, 2.24) is 9.38 Å². The molecule has 2 aromatic carbocycles. The van der Waals surface area contributed by atoms with E-state index in [1.54, 1.807) is 7.11 Å². The minimum absolute atomic E-state index is 0.0369. The molecule has 0 bridgehead atoms. The summed E-state index contributed by atoms with van der Waals surface area (Å²) < 4.78 is 33.7. The number of hydrogen-bond donors (Lipinski definition) is 1. The van der Waals surface area contributed by atoms with Crippen molar-refractivity contribution >= 4 is 27.9 Å². The van der Waals surface area contributed by atoms with E-state index in [1.165, 1.54) is 17.4 Å². The zero-order valence-electron chi connectivity index (χ0n) is 14.8. The van der Waals surface area contributed by atoms with Crippen molar-refractivity contribution in [3.8, 4) is 17.0 Å². The van der Waals surface area contributed by atoms with Gasteiger partial charge in [0.25, 0.3) is 0 Å². The molecule has 0 saturated heterocycles. The van der Waals surface area contributed by atoms with E-state index in [2.05, 4.69) is 10.3 Å². The van der Waals surface area contributed by atoms with Crippen molar-refractivity contribution in [3.05, 3.63) is 71.4 Å². The molecular formula is C20H15F2N3O2S. The van der Waals surface area contributed by atoms with Crippen LogP contribution in [0.5, 0.6) is 5.75 Å². The minimum atomic E-state index is -0.812. The van der Waals surface area contributed by atoms with E-state index in [-0.39, 0.29) is 12.1 Å². The van der Waals surface area contributed by atoms with Crippen LogP contribution in [0.15, 0.2) is 54.0 Å². The average molecular weight is 399 g/mol. The third-order valence-electron chi connectivity index (χ3n) is 4.22. The number of ether oxygens (including phenoxy) is 1. The minimum Gasteiger partial charge on any atom is -0.497 e. The van der Waals surface area contributed by atoms with Gasteiger partial charge in [0.05, 0.1) is 24.9 Å². The number of nitrogens with one attached hydrogen (secondary N) is 1. The molecule has 5 nitrogen and oxygen atoms in total. The van der Waals surface area contributed by atoms with Crippen LogP contribution in [0, 0.1) is 11.6 Å². The summed E-state index contributed by atoms with van der Waals surface area (Å²) in [5, 5.41) is 4.30. The van der Waals surface area contributed by atoms with Gasteiger partial charge in [-0.1, -0.05) is 0 Å². The Hall–Kier alpha value is -3.26. The van der Waals surface area contributed by atoms with E-state index in [4.69, 9.17) is 4.74 Å². The third kappa shape index (κ3) is 3.59. The lowest BCUT2D eigenvalue weighted by atomic mass is 10.2. The number of imidazole rings is 1. The van der Waals surface area contributed by atoms with Gasteiger partial charge >= 0.3 is 0 Å². The summed E-state index contributed by atoms with van der Waals surface area (Å²) in [4.78, 5) is 17.6. The Morgan fingerprint density at radius 1 is 1.21 bits per heavy atom. The standard InChI is InChI=1S/C20H15F2N3O2S/c1-27-15-5-2-12(3-6-15)18-10-25-14(11-28-20(25)24-18)9-19(26)23-17-7-4-13(21)8-16(17)22/h2-8,10-11H,9H2,1H3,(H,23,26). The zero-order chi connectivity index (χ0) is 19.7. The summed E-state index contributed by atoms with van der Waals surface area (Å²) in [6, 6.07) is 10.6. The molecule has 28 heavy (non-hydrogen) atoms. The Kier molecular flexibility index (Phi) is 4.79.